The first kappa shape index (κ1) is 17.5. The van der Waals surface area contributed by atoms with Crippen molar-refractivity contribution in [1.29, 1.82) is 0 Å². The second-order valence-electron chi connectivity index (χ2n) is 6.70. The van der Waals surface area contributed by atoms with E-state index >= 15 is 0 Å². The third-order valence-corrected chi connectivity index (χ3v) is 4.97. The quantitative estimate of drug-likeness (QED) is 0.907. The van der Waals surface area contributed by atoms with Crippen LogP contribution in [0.2, 0.25) is 0 Å². The normalized spacial score (nSPS) is 19.9. The minimum Gasteiger partial charge on any atom is -0.496 e. The molecule has 1 saturated heterocycles. The highest BCUT2D eigenvalue weighted by molar-refractivity contribution is 5.96. The average Bonchev–Trinajstić information content (AvgIpc) is 3.02. The van der Waals surface area contributed by atoms with Crippen LogP contribution < -0.4 is 10.5 Å². The molecule has 1 aliphatic heterocycles. The van der Waals surface area contributed by atoms with Gasteiger partial charge in [0.25, 0.3) is 5.91 Å². The largest absolute Gasteiger partial charge is 0.496 e. The molecule has 0 aromatic heterocycles. The molecule has 4 nitrogen and oxygen atoms in total. The van der Waals surface area contributed by atoms with Gasteiger partial charge < -0.3 is 15.4 Å². The van der Waals surface area contributed by atoms with Gasteiger partial charge in [-0.15, -0.1) is 0 Å². The van der Waals surface area contributed by atoms with Crippen molar-refractivity contribution in [2.45, 2.75) is 25.8 Å². The van der Waals surface area contributed by atoms with Crippen LogP contribution in [0.25, 0.3) is 11.1 Å². The summed E-state index contributed by atoms with van der Waals surface area (Å²) in [6.07, 6.45) is 2.18. The summed E-state index contributed by atoms with van der Waals surface area (Å²) in [5, 5.41) is 0. The highest BCUT2D eigenvalue weighted by Crippen LogP contribution is 2.30. The van der Waals surface area contributed by atoms with Gasteiger partial charge in [0.2, 0.25) is 0 Å². The van der Waals surface area contributed by atoms with Crippen molar-refractivity contribution >= 4 is 5.91 Å². The number of nitrogens with zero attached hydrogens (tertiary/aromatic N) is 1. The van der Waals surface area contributed by atoms with Crippen LogP contribution in [0.5, 0.6) is 5.75 Å². The van der Waals surface area contributed by atoms with E-state index in [0.717, 1.165) is 36.3 Å². The monoisotopic (exact) mass is 338 g/mol. The van der Waals surface area contributed by atoms with Crippen LogP contribution in [0.3, 0.4) is 0 Å². The van der Waals surface area contributed by atoms with Crippen molar-refractivity contribution in [2.24, 2.45) is 11.7 Å². The van der Waals surface area contributed by atoms with E-state index in [0.29, 0.717) is 18.0 Å². The Bertz CT molecular complexity index is 744. The first-order valence-corrected chi connectivity index (χ1v) is 8.92. The number of likely N-dealkylation sites (tertiary alicyclic amines) is 1. The van der Waals surface area contributed by atoms with Crippen molar-refractivity contribution < 1.29 is 9.53 Å². The zero-order chi connectivity index (χ0) is 17.8. The predicted molar refractivity (Wildman–Crippen MR) is 101 cm³/mol. The van der Waals surface area contributed by atoms with Gasteiger partial charge in [0.15, 0.2) is 0 Å². The topological polar surface area (TPSA) is 55.6 Å². The lowest BCUT2D eigenvalue weighted by Gasteiger charge is -2.17. The van der Waals surface area contributed by atoms with Crippen molar-refractivity contribution in [3.63, 3.8) is 0 Å². The number of nitrogens with two attached hydrogens (primary N) is 1. The standard InChI is InChI=1S/C21H26N2O2/c1-3-7-17-13-23(14-19(17)22)21(24)16-9-6-8-15(12-16)18-10-4-5-11-20(18)25-2/h4-6,8-12,17,19H,3,7,13-14,22H2,1-2H3. The van der Waals surface area contributed by atoms with Crippen LogP contribution in [0.15, 0.2) is 48.5 Å². The first-order chi connectivity index (χ1) is 12.1. The van der Waals surface area contributed by atoms with Gasteiger partial charge in [-0.3, -0.25) is 4.79 Å². The van der Waals surface area contributed by atoms with E-state index in [1.54, 1.807) is 7.11 Å². The number of carbonyl (C=O) groups excluding carboxylic acids is 1. The van der Waals surface area contributed by atoms with Crippen LogP contribution in [0, 0.1) is 5.92 Å². The van der Waals surface area contributed by atoms with Crippen molar-refractivity contribution in [3.05, 3.63) is 54.1 Å². The number of benzene rings is 2. The van der Waals surface area contributed by atoms with Gasteiger partial charge in [0.1, 0.15) is 5.75 Å². The van der Waals surface area contributed by atoms with Crippen LogP contribution in [-0.2, 0) is 0 Å². The number of para-hydroxylation sites is 1. The molecule has 132 valence electrons. The highest BCUT2D eigenvalue weighted by Gasteiger charge is 2.32. The molecule has 0 saturated carbocycles. The van der Waals surface area contributed by atoms with Crippen LogP contribution in [0.1, 0.15) is 30.1 Å². The van der Waals surface area contributed by atoms with E-state index in [9.17, 15) is 4.79 Å². The summed E-state index contributed by atoms with van der Waals surface area (Å²) in [6.45, 7) is 3.56. The Labute approximate surface area is 149 Å². The van der Waals surface area contributed by atoms with Crippen molar-refractivity contribution in [1.82, 2.24) is 4.90 Å². The molecule has 0 bridgehead atoms. The zero-order valence-corrected chi connectivity index (χ0v) is 14.9. The summed E-state index contributed by atoms with van der Waals surface area (Å²) < 4.78 is 5.44. The summed E-state index contributed by atoms with van der Waals surface area (Å²) in [5.74, 6) is 1.27. The molecule has 0 spiro atoms. The molecule has 4 heteroatoms. The molecule has 2 aromatic rings. The maximum absolute atomic E-state index is 12.9. The van der Waals surface area contributed by atoms with E-state index in [2.05, 4.69) is 6.92 Å². The van der Waals surface area contributed by atoms with Gasteiger partial charge in [-0.25, -0.2) is 0 Å². The second kappa shape index (κ2) is 7.70. The number of carbonyl (C=O) groups is 1. The molecule has 25 heavy (non-hydrogen) atoms. The minimum absolute atomic E-state index is 0.0609. The molecule has 1 fully saturated rings. The number of amides is 1. The van der Waals surface area contributed by atoms with Crippen molar-refractivity contribution in [3.8, 4) is 16.9 Å². The molecular weight excluding hydrogens is 312 g/mol. The molecule has 2 aromatic carbocycles. The van der Waals surface area contributed by atoms with Crippen LogP contribution >= 0.6 is 0 Å². The molecule has 0 aliphatic carbocycles. The Morgan fingerprint density at radius 1 is 1.20 bits per heavy atom. The summed E-state index contributed by atoms with van der Waals surface area (Å²) in [5.41, 5.74) is 8.89. The Balaban J connectivity index is 1.83. The fraction of sp³-hybridized carbons (Fsp3) is 0.381. The Hall–Kier alpha value is -2.33. The molecule has 2 atom stereocenters. The Kier molecular flexibility index (Phi) is 5.39. The molecule has 1 aliphatic rings. The fourth-order valence-electron chi connectivity index (χ4n) is 3.62. The lowest BCUT2D eigenvalue weighted by atomic mass is 9.99. The molecule has 1 amide bonds. The van der Waals surface area contributed by atoms with Gasteiger partial charge in [-0.2, -0.15) is 0 Å². The van der Waals surface area contributed by atoms with Gasteiger partial charge in [0.05, 0.1) is 7.11 Å². The molecule has 2 unspecified atom stereocenters. The van der Waals surface area contributed by atoms with Crippen molar-refractivity contribution in [2.75, 3.05) is 20.2 Å². The lowest BCUT2D eigenvalue weighted by molar-refractivity contribution is 0.0785. The van der Waals surface area contributed by atoms with E-state index in [-0.39, 0.29) is 11.9 Å². The SMILES string of the molecule is CCCC1CN(C(=O)c2cccc(-c3ccccc3OC)c2)CC1N. The number of ether oxygens (including phenoxy) is 1. The summed E-state index contributed by atoms with van der Waals surface area (Å²) in [6, 6.07) is 15.7. The maximum Gasteiger partial charge on any atom is 0.253 e. The zero-order valence-electron chi connectivity index (χ0n) is 14.9. The molecule has 0 radical (unpaired) electrons. The van der Waals surface area contributed by atoms with Crippen LogP contribution in [0.4, 0.5) is 0 Å². The van der Waals surface area contributed by atoms with E-state index in [4.69, 9.17) is 10.5 Å². The molecule has 3 rings (SSSR count). The smallest absolute Gasteiger partial charge is 0.253 e. The summed E-state index contributed by atoms with van der Waals surface area (Å²) in [4.78, 5) is 14.8. The number of hydrogen-bond acceptors (Lipinski definition) is 3. The average molecular weight is 338 g/mol. The van der Waals surface area contributed by atoms with E-state index in [1.165, 1.54) is 0 Å². The molecule has 1 heterocycles. The first-order valence-electron chi connectivity index (χ1n) is 8.92. The summed E-state index contributed by atoms with van der Waals surface area (Å²) >= 11 is 0. The van der Waals surface area contributed by atoms with Gasteiger partial charge in [-0.05, 0) is 36.1 Å². The third-order valence-electron chi connectivity index (χ3n) is 4.97. The predicted octanol–water partition coefficient (Wildman–Crippen LogP) is 3.56. The Morgan fingerprint density at radius 3 is 2.76 bits per heavy atom. The minimum atomic E-state index is 0.0609. The van der Waals surface area contributed by atoms with Crippen LogP contribution in [-0.4, -0.2) is 37.0 Å². The molecule has 2 N–H and O–H groups in total. The maximum atomic E-state index is 12.9. The summed E-state index contributed by atoms with van der Waals surface area (Å²) in [7, 11) is 1.66. The number of rotatable bonds is 5. The van der Waals surface area contributed by atoms with Gasteiger partial charge in [-0.1, -0.05) is 43.7 Å². The number of methoxy groups -OCH3 is 1. The third kappa shape index (κ3) is 3.69. The number of hydrogen-bond donors (Lipinski definition) is 1. The Morgan fingerprint density at radius 2 is 2.00 bits per heavy atom. The van der Waals surface area contributed by atoms with E-state index < -0.39 is 0 Å². The van der Waals surface area contributed by atoms with E-state index in [1.807, 2.05) is 53.4 Å². The second-order valence-corrected chi connectivity index (χ2v) is 6.70. The highest BCUT2D eigenvalue weighted by atomic mass is 16.5. The molecular formula is C21H26N2O2. The fourth-order valence-corrected chi connectivity index (χ4v) is 3.62. The lowest BCUT2D eigenvalue weighted by Crippen LogP contribution is -2.32. The van der Waals surface area contributed by atoms with Gasteiger partial charge >= 0.3 is 0 Å². The van der Waals surface area contributed by atoms with Gasteiger partial charge in [0, 0.05) is 30.3 Å².